The van der Waals surface area contributed by atoms with Crippen molar-refractivity contribution in [1.29, 1.82) is 0 Å². The third kappa shape index (κ3) is 3.99. The number of nitrogens with one attached hydrogen (secondary N) is 2. The topological polar surface area (TPSA) is 91.7 Å². The normalized spacial score (nSPS) is 15.0. The lowest BCUT2D eigenvalue weighted by molar-refractivity contribution is 0.0997. The lowest BCUT2D eigenvalue weighted by Gasteiger charge is -2.18. The average Bonchev–Trinajstić information content (AvgIpc) is 3.65. The number of aryl methyl sites for hydroxylation is 3. The first-order chi connectivity index (χ1) is 19.5. The number of aromatic amines is 1. The molecule has 4 heterocycles. The molecule has 0 fully saturated rings. The summed E-state index contributed by atoms with van der Waals surface area (Å²) in [6.45, 7) is 4.58. The molecule has 0 saturated heterocycles. The van der Waals surface area contributed by atoms with E-state index in [0.29, 0.717) is 18.3 Å². The first kappa shape index (κ1) is 24.3. The van der Waals surface area contributed by atoms with Crippen LogP contribution < -0.4 is 10.2 Å². The van der Waals surface area contributed by atoms with Gasteiger partial charge in [0.15, 0.2) is 5.82 Å². The Kier molecular flexibility index (Phi) is 5.77. The summed E-state index contributed by atoms with van der Waals surface area (Å²) in [4.78, 5) is 28.4. The third-order valence-electron chi connectivity index (χ3n) is 8.17. The Morgan fingerprint density at radius 2 is 1.88 bits per heavy atom. The summed E-state index contributed by atoms with van der Waals surface area (Å²) in [5.74, 6) is 1.23. The molecule has 0 atom stereocenters. The van der Waals surface area contributed by atoms with Gasteiger partial charge in [-0.05, 0) is 73.9 Å². The summed E-state index contributed by atoms with van der Waals surface area (Å²) in [7, 11) is 1.91. The summed E-state index contributed by atoms with van der Waals surface area (Å²) in [6.07, 6.45) is 10.8. The predicted molar refractivity (Wildman–Crippen MR) is 159 cm³/mol. The highest BCUT2D eigenvalue weighted by atomic mass is 16.2. The van der Waals surface area contributed by atoms with Crippen molar-refractivity contribution in [2.45, 2.75) is 46.1 Å². The van der Waals surface area contributed by atoms with Gasteiger partial charge in [0.1, 0.15) is 0 Å². The van der Waals surface area contributed by atoms with Crippen molar-refractivity contribution < 1.29 is 4.79 Å². The molecule has 3 aromatic heterocycles. The minimum absolute atomic E-state index is 0.0484. The van der Waals surface area contributed by atoms with E-state index in [1.807, 2.05) is 73.2 Å². The van der Waals surface area contributed by atoms with Gasteiger partial charge in [-0.25, -0.2) is 9.97 Å². The van der Waals surface area contributed by atoms with E-state index in [1.165, 1.54) is 24.0 Å². The number of nitrogens with zero attached hydrogens (tertiary/aromatic N) is 5. The second kappa shape index (κ2) is 9.48. The molecule has 0 saturated carbocycles. The highest BCUT2D eigenvalue weighted by molar-refractivity contribution is 6.15. The van der Waals surface area contributed by atoms with E-state index in [4.69, 9.17) is 4.98 Å². The van der Waals surface area contributed by atoms with Crippen LogP contribution in [0.15, 0.2) is 60.9 Å². The van der Waals surface area contributed by atoms with Crippen LogP contribution in [0, 0.1) is 13.8 Å². The fourth-order valence-electron chi connectivity index (χ4n) is 5.98. The summed E-state index contributed by atoms with van der Waals surface area (Å²) in [5.41, 5.74) is 10.1. The summed E-state index contributed by atoms with van der Waals surface area (Å²) in [6, 6.07) is 14.2. The van der Waals surface area contributed by atoms with E-state index in [-0.39, 0.29) is 5.91 Å². The van der Waals surface area contributed by atoms with Gasteiger partial charge in [-0.3, -0.25) is 9.48 Å². The molecule has 1 aliphatic carbocycles. The van der Waals surface area contributed by atoms with Crippen molar-refractivity contribution in [3.05, 3.63) is 88.9 Å². The molecule has 8 nitrogen and oxygen atoms in total. The second-order valence-corrected chi connectivity index (χ2v) is 10.7. The minimum Gasteiger partial charge on any atom is -0.359 e. The van der Waals surface area contributed by atoms with Gasteiger partial charge in [-0.2, -0.15) is 5.10 Å². The minimum atomic E-state index is 0.0484. The molecule has 0 spiro atoms. The van der Waals surface area contributed by atoms with Gasteiger partial charge in [0.05, 0.1) is 23.4 Å². The van der Waals surface area contributed by atoms with Crippen LogP contribution >= 0.6 is 0 Å². The van der Waals surface area contributed by atoms with Crippen LogP contribution in [0.2, 0.25) is 0 Å². The van der Waals surface area contributed by atoms with E-state index in [1.54, 1.807) is 0 Å². The Labute approximate surface area is 232 Å². The summed E-state index contributed by atoms with van der Waals surface area (Å²) in [5, 5.41) is 8.70. The van der Waals surface area contributed by atoms with Crippen LogP contribution in [0.3, 0.4) is 0 Å². The van der Waals surface area contributed by atoms with Crippen LogP contribution in [0.5, 0.6) is 0 Å². The molecule has 0 radical (unpaired) electrons. The largest absolute Gasteiger partial charge is 0.359 e. The van der Waals surface area contributed by atoms with Gasteiger partial charge < -0.3 is 15.2 Å². The Morgan fingerprint density at radius 3 is 2.67 bits per heavy atom. The zero-order valence-electron chi connectivity index (χ0n) is 23.0. The number of rotatable bonds is 5. The van der Waals surface area contributed by atoms with Crippen LogP contribution in [-0.4, -0.2) is 30.6 Å². The summed E-state index contributed by atoms with van der Waals surface area (Å²) < 4.78 is 1.81. The standard InChI is InChI=1S/C32H31N7O/c1-19-16-34-32(35-28-15-20(2)38(3)37-28)36-29(19)25-17-33-30-23(25)12-8-14-27(30)39-18-26-22(21-9-5-4-6-10-21)11-7-13-24(26)31(39)40/h7-9,11-17,33H,4-6,10,18H2,1-3H3,(H,34,35,36,37). The zero-order chi connectivity index (χ0) is 27.4. The van der Waals surface area contributed by atoms with Gasteiger partial charge >= 0.3 is 0 Å². The first-order valence-corrected chi connectivity index (χ1v) is 13.8. The van der Waals surface area contributed by atoms with Crippen molar-refractivity contribution in [3.63, 3.8) is 0 Å². The number of H-pyrrole nitrogens is 1. The Balaban J connectivity index is 1.25. The molecule has 2 aromatic carbocycles. The highest BCUT2D eigenvalue weighted by Crippen LogP contribution is 2.40. The number of carbonyl (C=O) groups excluding carboxylic acids is 1. The molecular weight excluding hydrogens is 498 g/mol. The molecule has 2 aliphatic rings. The molecule has 200 valence electrons. The van der Waals surface area contributed by atoms with Crippen LogP contribution in [0.4, 0.5) is 17.5 Å². The van der Waals surface area contributed by atoms with Crippen molar-refractivity contribution in [1.82, 2.24) is 24.7 Å². The molecule has 5 aromatic rings. The number of hydrogen-bond donors (Lipinski definition) is 2. The molecule has 2 N–H and O–H groups in total. The molecule has 40 heavy (non-hydrogen) atoms. The maximum atomic E-state index is 13.7. The van der Waals surface area contributed by atoms with Gasteiger partial charge in [0.2, 0.25) is 5.95 Å². The third-order valence-corrected chi connectivity index (χ3v) is 8.17. The van der Waals surface area contributed by atoms with E-state index in [0.717, 1.165) is 63.1 Å². The number of allylic oxidation sites excluding steroid dienone is 2. The van der Waals surface area contributed by atoms with Crippen molar-refractivity contribution in [3.8, 4) is 11.3 Å². The van der Waals surface area contributed by atoms with Crippen LogP contribution in [-0.2, 0) is 13.6 Å². The van der Waals surface area contributed by atoms with E-state index >= 15 is 0 Å². The zero-order valence-corrected chi connectivity index (χ0v) is 23.0. The van der Waals surface area contributed by atoms with Gasteiger partial charge in [-0.15, -0.1) is 0 Å². The van der Waals surface area contributed by atoms with Gasteiger partial charge in [0, 0.05) is 47.7 Å². The number of hydrogen-bond acceptors (Lipinski definition) is 5. The summed E-state index contributed by atoms with van der Waals surface area (Å²) >= 11 is 0. The monoisotopic (exact) mass is 529 g/mol. The van der Waals surface area contributed by atoms with Crippen LogP contribution in [0.1, 0.15) is 58.4 Å². The molecular formula is C32H31N7O. The Hall–Kier alpha value is -4.72. The van der Waals surface area contributed by atoms with Crippen molar-refractivity contribution in [2.75, 3.05) is 10.2 Å². The number of aromatic nitrogens is 5. The lowest BCUT2D eigenvalue weighted by Crippen LogP contribution is -2.23. The maximum Gasteiger partial charge on any atom is 0.259 e. The molecule has 1 amide bonds. The number of amides is 1. The van der Waals surface area contributed by atoms with Crippen LogP contribution in [0.25, 0.3) is 27.7 Å². The lowest BCUT2D eigenvalue weighted by atomic mass is 9.89. The molecule has 0 bridgehead atoms. The average molecular weight is 530 g/mol. The highest BCUT2D eigenvalue weighted by Gasteiger charge is 2.32. The molecule has 0 unspecified atom stereocenters. The van der Waals surface area contributed by atoms with Crippen molar-refractivity contribution in [2.24, 2.45) is 7.05 Å². The first-order valence-electron chi connectivity index (χ1n) is 13.8. The SMILES string of the molecule is Cc1cnc(Nc2cc(C)n(C)n2)nc1-c1c[nH]c2c(N3Cc4c(cccc4C4=CCCCC4)C3=O)cccc12. The maximum absolute atomic E-state index is 13.7. The number of benzene rings is 2. The molecule has 7 rings (SSSR count). The number of carbonyl (C=O) groups is 1. The van der Waals surface area contributed by atoms with Crippen molar-refractivity contribution >= 4 is 39.8 Å². The van der Waals surface area contributed by atoms with Gasteiger partial charge in [0.25, 0.3) is 5.91 Å². The Bertz CT molecular complexity index is 1810. The Morgan fingerprint density at radius 1 is 1.02 bits per heavy atom. The fourth-order valence-corrected chi connectivity index (χ4v) is 5.98. The molecule has 1 aliphatic heterocycles. The fraction of sp³-hybridized carbons (Fsp3) is 0.250. The predicted octanol–water partition coefficient (Wildman–Crippen LogP) is 6.84. The number of para-hydroxylation sites is 1. The number of anilines is 3. The van der Waals surface area contributed by atoms with Gasteiger partial charge in [-0.1, -0.05) is 30.3 Å². The number of fused-ring (bicyclic) bond motifs is 2. The molecule has 8 heteroatoms. The van der Waals surface area contributed by atoms with E-state index in [9.17, 15) is 4.79 Å². The van der Waals surface area contributed by atoms with E-state index < -0.39 is 0 Å². The van der Waals surface area contributed by atoms with E-state index in [2.05, 4.69) is 38.6 Å². The smallest absolute Gasteiger partial charge is 0.259 e. The quantitative estimate of drug-likeness (QED) is 0.260. The second-order valence-electron chi connectivity index (χ2n) is 10.7.